The third-order valence-electron chi connectivity index (χ3n) is 18.6. The normalized spacial score (nSPS) is 16.1. The van der Waals surface area contributed by atoms with Crippen molar-refractivity contribution in [1.29, 1.82) is 0 Å². The van der Waals surface area contributed by atoms with Gasteiger partial charge in [-0.1, -0.05) is 133 Å². The number of fused-ring (bicyclic) bond motifs is 7. The highest BCUT2D eigenvalue weighted by Gasteiger charge is 2.51. The average molecular weight is 1100 g/mol. The van der Waals surface area contributed by atoms with E-state index in [1.165, 1.54) is 77.9 Å². The molecule has 0 saturated carbocycles. The summed E-state index contributed by atoms with van der Waals surface area (Å²) in [6, 6.07) is 69.5. The van der Waals surface area contributed by atoms with Gasteiger partial charge in [0.25, 0.3) is 0 Å². The minimum Gasteiger partial charge on any atom is -0.508 e. The van der Waals surface area contributed by atoms with Crippen molar-refractivity contribution in [3.05, 3.63) is 284 Å². The van der Waals surface area contributed by atoms with Crippen molar-refractivity contribution in [3.8, 4) is 34.5 Å². The Hall–Kier alpha value is -9.27. The van der Waals surface area contributed by atoms with Crippen molar-refractivity contribution in [1.82, 2.24) is 0 Å². The van der Waals surface area contributed by atoms with Crippen LogP contribution in [0.15, 0.2) is 206 Å². The molecule has 1 atom stereocenters. The van der Waals surface area contributed by atoms with Crippen LogP contribution in [0.4, 0.5) is 0 Å². The molecule has 0 fully saturated rings. The Labute approximate surface area is 486 Å². The highest BCUT2D eigenvalue weighted by Crippen LogP contribution is 2.60. The van der Waals surface area contributed by atoms with E-state index < -0.39 is 17.3 Å². The van der Waals surface area contributed by atoms with E-state index in [1.807, 2.05) is 78.9 Å². The Morgan fingerprint density at radius 1 is 0.410 bits per heavy atom. The first kappa shape index (κ1) is 54.3. The molecule has 14 rings (SSSR count). The standard InChI is InChI=1S/C26H24O2.C25H24O4.C24H20O2/c1-17-23-14-22(28-3)12-13-24(23)26(15-19-6-4-5-7-20(19)16-26)25(17)18-8-10-21(27-2)11-9-18;1-28-21-11-7-17(8-12-21)23(24(26)27)25(20-9-13-22(29-2)14-10-20)15-18-5-3-4-6-19(18)16-25;1-15-21-12-20(26)10-11-22(21)24(13-17-4-2-3-5-18(17)14-24)23(15)16-6-8-19(25)9-7-16/h4-14H,15-16H2,1-3H3;3-14,23H,15-16H2,1-2H3,(H,26,27);2-12,25-26H,13-14H2,1H3. The number of aliphatic carboxylic acids is 1. The fourth-order valence-electron chi connectivity index (χ4n) is 14.9. The SMILES string of the molecule is CC1=C(c2ccc(O)cc2)C2(Cc3ccccc3C2)c2ccc(O)cc21.COc1ccc(C(C(=O)O)C2(c3ccc(OC)cc3)Cc3ccccc3C2)cc1.COc1ccc(C2=C(C)c3cc(OC)ccc3C23Cc2ccccc2C3)cc1. The van der Waals surface area contributed by atoms with Crippen molar-refractivity contribution in [3.63, 3.8) is 0 Å². The summed E-state index contributed by atoms with van der Waals surface area (Å²) in [6.45, 7) is 4.41. The number of carboxylic acid groups (broad SMARTS) is 1. The molecule has 5 aliphatic rings. The van der Waals surface area contributed by atoms with Crippen molar-refractivity contribution in [2.75, 3.05) is 28.4 Å². The van der Waals surface area contributed by atoms with E-state index in [1.54, 1.807) is 46.6 Å². The number of phenolic OH excluding ortho intramolecular Hbond substituents is 2. The number of ether oxygens (including phenoxy) is 4. The molecule has 0 saturated heterocycles. The van der Waals surface area contributed by atoms with Gasteiger partial charge in [-0.15, -0.1) is 0 Å². The minimum absolute atomic E-state index is 0.00996. The lowest BCUT2D eigenvalue weighted by molar-refractivity contribution is -0.140. The third kappa shape index (κ3) is 9.50. The maximum absolute atomic E-state index is 12.6. The van der Waals surface area contributed by atoms with Crippen LogP contribution in [0.3, 0.4) is 0 Å². The quantitative estimate of drug-likeness (QED) is 0.124. The second-order valence-corrected chi connectivity index (χ2v) is 22.9. The fraction of sp³-hybridized carbons (Fsp3) is 0.213. The summed E-state index contributed by atoms with van der Waals surface area (Å²) in [5.74, 6) is 2.36. The van der Waals surface area contributed by atoms with Gasteiger partial charge in [-0.3, -0.25) is 4.79 Å². The molecule has 1 unspecified atom stereocenters. The number of hydrogen-bond acceptors (Lipinski definition) is 7. The highest BCUT2D eigenvalue weighted by atomic mass is 16.5. The molecule has 83 heavy (non-hydrogen) atoms. The summed E-state index contributed by atoms with van der Waals surface area (Å²) < 4.78 is 21.5. The van der Waals surface area contributed by atoms with Crippen molar-refractivity contribution in [2.45, 2.75) is 74.5 Å². The van der Waals surface area contributed by atoms with Crippen LogP contribution >= 0.6 is 0 Å². The molecular formula is C75H68O8. The van der Waals surface area contributed by atoms with Gasteiger partial charge in [0.05, 0.1) is 34.4 Å². The van der Waals surface area contributed by atoms with Gasteiger partial charge in [-0.25, -0.2) is 0 Å². The first-order valence-corrected chi connectivity index (χ1v) is 28.4. The number of carbonyl (C=O) groups is 1. The molecule has 416 valence electrons. The van der Waals surface area contributed by atoms with Crippen molar-refractivity contribution >= 4 is 28.3 Å². The van der Waals surface area contributed by atoms with Gasteiger partial charge >= 0.3 is 5.97 Å². The number of phenols is 2. The maximum Gasteiger partial charge on any atom is 0.311 e. The molecule has 9 aromatic carbocycles. The maximum atomic E-state index is 12.6. The molecule has 0 radical (unpaired) electrons. The molecule has 0 aliphatic heterocycles. The zero-order chi connectivity index (χ0) is 57.6. The smallest absolute Gasteiger partial charge is 0.311 e. The fourth-order valence-corrected chi connectivity index (χ4v) is 14.9. The molecule has 5 aliphatic carbocycles. The van der Waals surface area contributed by atoms with Crippen molar-refractivity contribution < 1.29 is 39.1 Å². The van der Waals surface area contributed by atoms with Gasteiger partial charge in [0.1, 0.15) is 34.5 Å². The topological polar surface area (TPSA) is 115 Å². The number of methoxy groups -OCH3 is 4. The minimum atomic E-state index is -0.821. The van der Waals surface area contributed by atoms with Crippen LogP contribution in [0.2, 0.25) is 0 Å². The molecule has 0 aromatic heterocycles. The van der Waals surface area contributed by atoms with Gasteiger partial charge in [-0.2, -0.15) is 0 Å². The number of rotatable bonds is 10. The molecule has 9 aromatic rings. The lowest BCUT2D eigenvalue weighted by Gasteiger charge is -2.36. The predicted molar refractivity (Wildman–Crippen MR) is 330 cm³/mol. The van der Waals surface area contributed by atoms with Gasteiger partial charge in [0.2, 0.25) is 0 Å². The first-order valence-electron chi connectivity index (χ1n) is 28.4. The van der Waals surface area contributed by atoms with E-state index in [4.69, 9.17) is 18.9 Å². The highest BCUT2D eigenvalue weighted by molar-refractivity contribution is 6.03. The summed E-state index contributed by atoms with van der Waals surface area (Å²) >= 11 is 0. The van der Waals surface area contributed by atoms with Gasteiger partial charge in [-0.05, 0) is 225 Å². The average Bonchev–Trinajstić information content (AvgIpc) is 1.77. The molecule has 2 spiro atoms. The number of hydrogen-bond donors (Lipinski definition) is 3. The van der Waals surface area contributed by atoms with E-state index in [2.05, 4.69) is 123 Å². The van der Waals surface area contributed by atoms with Crippen LogP contribution in [-0.4, -0.2) is 49.7 Å². The Morgan fingerprint density at radius 3 is 1.18 bits per heavy atom. The summed E-state index contributed by atoms with van der Waals surface area (Å²) in [5, 5.41) is 30.1. The number of allylic oxidation sites excluding steroid dienone is 4. The van der Waals surface area contributed by atoms with E-state index in [0.29, 0.717) is 24.3 Å². The van der Waals surface area contributed by atoms with Crippen LogP contribution in [0, 0.1) is 0 Å². The molecule has 3 N–H and O–H groups in total. The van der Waals surface area contributed by atoms with Crippen LogP contribution in [0.25, 0.3) is 22.3 Å². The summed E-state index contributed by atoms with van der Waals surface area (Å²) in [5.41, 5.74) is 22.2. The summed E-state index contributed by atoms with van der Waals surface area (Å²) in [4.78, 5) is 12.6. The van der Waals surface area contributed by atoms with E-state index in [9.17, 15) is 20.1 Å². The predicted octanol–water partition coefficient (Wildman–Crippen LogP) is 15.4. The van der Waals surface area contributed by atoms with Crippen LogP contribution in [0.1, 0.15) is 97.7 Å². The van der Waals surface area contributed by atoms with Crippen LogP contribution in [-0.2, 0) is 59.6 Å². The number of benzene rings is 9. The second-order valence-electron chi connectivity index (χ2n) is 22.9. The molecule has 0 bridgehead atoms. The van der Waals surface area contributed by atoms with Gasteiger partial charge < -0.3 is 34.3 Å². The zero-order valence-electron chi connectivity index (χ0n) is 47.8. The van der Waals surface area contributed by atoms with Crippen LogP contribution < -0.4 is 18.9 Å². The lowest BCUT2D eigenvalue weighted by atomic mass is 9.65. The third-order valence-corrected chi connectivity index (χ3v) is 18.6. The number of carboxylic acids is 1. The Morgan fingerprint density at radius 2 is 0.759 bits per heavy atom. The van der Waals surface area contributed by atoms with Gasteiger partial charge in [0, 0.05) is 16.2 Å². The summed E-state index contributed by atoms with van der Waals surface area (Å²) in [6.07, 6.45) is 5.38. The molecule has 8 nitrogen and oxygen atoms in total. The first-order chi connectivity index (χ1) is 40.3. The van der Waals surface area contributed by atoms with Crippen molar-refractivity contribution in [2.24, 2.45) is 0 Å². The molecule has 0 amide bonds. The lowest BCUT2D eigenvalue weighted by Crippen LogP contribution is -2.39. The summed E-state index contributed by atoms with van der Waals surface area (Å²) in [7, 11) is 6.69. The molecule has 8 heteroatoms. The second kappa shape index (κ2) is 21.9. The Balaban J connectivity index is 0.000000123. The Bertz CT molecular complexity index is 3910. The molecule has 0 heterocycles. The van der Waals surface area contributed by atoms with E-state index >= 15 is 0 Å². The molecular weight excluding hydrogens is 1030 g/mol. The van der Waals surface area contributed by atoms with Crippen LogP contribution in [0.5, 0.6) is 34.5 Å². The largest absolute Gasteiger partial charge is 0.508 e. The van der Waals surface area contributed by atoms with E-state index in [-0.39, 0.29) is 16.6 Å². The number of aromatic hydroxyl groups is 2. The Kier molecular flexibility index (Phi) is 14.3. The van der Waals surface area contributed by atoms with E-state index in [0.717, 1.165) is 65.2 Å². The van der Waals surface area contributed by atoms with Gasteiger partial charge in [0.15, 0.2) is 0 Å². The monoisotopic (exact) mass is 1100 g/mol. The zero-order valence-corrected chi connectivity index (χ0v) is 47.8.